The van der Waals surface area contributed by atoms with E-state index in [1.165, 1.54) is 6.20 Å². The van der Waals surface area contributed by atoms with E-state index in [9.17, 15) is 4.79 Å². The SMILES string of the molecule is CCc1nnc2n1C[C@H](N[C@H](C)C(=O)Nc1ccc(Cl)cn1)CC2. The summed E-state index contributed by atoms with van der Waals surface area (Å²) in [5, 5.41) is 15.2. The van der Waals surface area contributed by atoms with Gasteiger partial charge in [-0.3, -0.25) is 4.79 Å². The van der Waals surface area contributed by atoms with Gasteiger partial charge in [0.15, 0.2) is 0 Å². The van der Waals surface area contributed by atoms with Crippen LogP contribution in [0.3, 0.4) is 0 Å². The largest absolute Gasteiger partial charge is 0.313 e. The summed E-state index contributed by atoms with van der Waals surface area (Å²) in [6.45, 7) is 4.72. The first-order valence-corrected chi connectivity index (χ1v) is 8.54. The lowest BCUT2D eigenvalue weighted by molar-refractivity contribution is -0.118. The molecule has 1 aliphatic heterocycles. The van der Waals surface area contributed by atoms with E-state index in [1.807, 2.05) is 6.92 Å². The number of rotatable bonds is 5. The molecule has 0 bridgehead atoms. The smallest absolute Gasteiger partial charge is 0.242 e. The van der Waals surface area contributed by atoms with Crippen LogP contribution in [-0.2, 0) is 24.2 Å². The number of halogens is 1. The minimum Gasteiger partial charge on any atom is -0.313 e. The molecule has 0 saturated heterocycles. The molecule has 0 fully saturated rings. The van der Waals surface area contributed by atoms with Gasteiger partial charge in [-0.25, -0.2) is 4.98 Å². The molecule has 0 saturated carbocycles. The van der Waals surface area contributed by atoms with Crippen molar-refractivity contribution in [2.75, 3.05) is 5.32 Å². The summed E-state index contributed by atoms with van der Waals surface area (Å²) in [6, 6.07) is 3.28. The number of pyridine rings is 1. The summed E-state index contributed by atoms with van der Waals surface area (Å²) >= 11 is 5.80. The molecule has 8 heteroatoms. The van der Waals surface area contributed by atoms with Crippen molar-refractivity contribution in [2.45, 2.75) is 51.7 Å². The zero-order chi connectivity index (χ0) is 17.1. The number of carbonyl (C=O) groups excluding carboxylic acids is 1. The molecule has 2 aromatic rings. The van der Waals surface area contributed by atoms with E-state index in [-0.39, 0.29) is 18.0 Å². The molecule has 3 rings (SSSR count). The molecule has 7 nitrogen and oxygen atoms in total. The fourth-order valence-corrected chi connectivity index (χ4v) is 3.01. The van der Waals surface area contributed by atoms with Crippen LogP contribution in [0.15, 0.2) is 18.3 Å². The Hall–Kier alpha value is -1.99. The van der Waals surface area contributed by atoms with Gasteiger partial charge in [-0.2, -0.15) is 0 Å². The molecule has 2 aromatic heterocycles. The molecule has 3 heterocycles. The lowest BCUT2D eigenvalue weighted by Crippen LogP contribution is -2.47. The quantitative estimate of drug-likeness (QED) is 0.861. The van der Waals surface area contributed by atoms with Crippen molar-refractivity contribution in [3.8, 4) is 0 Å². The molecule has 0 spiro atoms. The summed E-state index contributed by atoms with van der Waals surface area (Å²) in [5.74, 6) is 2.41. The second-order valence-electron chi connectivity index (χ2n) is 5.97. The van der Waals surface area contributed by atoms with Crippen LogP contribution in [0, 0.1) is 0 Å². The van der Waals surface area contributed by atoms with Crippen LogP contribution < -0.4 is 10.6 Å². The van der Waals surface area contributed by atoms with Gasteiger partial charge in [0.25, 0.3) is 0 Å². The van der Waals surface area contributed by atoms with Crippen LogP contribution in [0.1, 0.15) is 31.9 Å². The zero-order valence-corrected chi connectivity index (χ0v) is 14.5. The minimum atomic E-state index is -0.324. The third-order valence-electron chi connectivity index (χ3n) is 4.20. The maximum absolute atomic E-state index is 12.3. The predicted octanol–water partition coefficient (Wildman–Crippen LogP) is 1.82. The van der Waals surface area contributed by atoms with Gasteiger partial charge >= 0.3 is 0 Å². The van der Waals surface area contributed by atoms with E-state index < -0.39 is 0 Å². The summed E-state index contributed by atoms with van der Waals surface area (Å²) in [5.41, 5.74) is 0. The molecule has 0 unspecified atom stereocenters. The average Bonchev–Trinajstić information content (AvgIpc) is 2.99. The highest BCUT2D eigenvalue weighted by atomic mass is 35.5. The normalized spacial score (nSPS) is 18.0. The molecule has 0 radical (unpaired) electrons. The summed E-state index contributed by atoms with van der Waals surface area (Å²) in [4.78, 5) is 16.4. The molecule has 1 aliphatic rings. The van der Waals surface area contributed by atoms with Gasteiger partial charge in [0.05, 0.1) is 11.1 Å². The number of fused-ring (bicyclic) bond motifs is 1. The maximum atomic E-state index is 12.3. The number of hydrogen-bond acceptors (Lipinski definition) is 5. The molecular formula is C16H21ClN6O. The fraction of sp³-hybridized carbons (Fsp3) is 0.500. The van der Waals surface area contributed by atoms with Gasteiger partial charge < -0.3 is 15.2 Å². The van der Waals surface area contributed by atoms with Gasteiger partial charge in [-0.05, 0) is 25.5 Å². The maximum Gasteiger partial charge on any atom is 0.242 e. The van der Waals surface area contributed by atoms with Gasteiger partial charge in [0.1, 0.15) is 17.5 Å². The van der Waals surface area contributed by atoms with Gasteiger partial charge in [-0.1, -0.05) is 18.5 Å². The highest BCUT2D eigenvalue weighted by Gasteiger charge is 2.25. The monoisotopic (exact) mass is 348 g/mol. The topological polar surface area (TPSA) is 84.7 Å². The Labute approximate surface area is 145 Å². The van der Waals surface area contributed by atoms with Crippen LogP contribution in [0.4, 0.5) is 5.82 Å². The van der Waals surface area contributed by atoms with Gasteiger partial charge in [0.2, 0.25) is 5.91 Å². The second kappa shape index (κ2) is 7.27. The van der Waals surface area contributed by atoms with Crippen molar-refractivity contribution in [1.82, 2.24) is 25.1 Å². The highest BCUT2D eigenvalue weighted by molar-refractivity contribution is 6.30. The second-order valence-corrected chi connectivity index (χ2v) is 6.41. The zero-order valence-electron chi connectivity index (χ0n) is 13.8. The Morgan fingerprint density at radius 1 is 1.46 bits per heavy atom. The van der Waals surface area contributed by atoms with Crippen molar-refractivity contribution < 1.29 is 4.79 Å². The fourth-order valence-electron chi connectivity index (χ4n) is 2.89. The molecule has 24 heavy (non-hydrogen) atoms. The number of nitrogens with one attached hydrogen (secondary N) is 2. The first-order chi connectivity index (χ1) is 11.6. The van der Waals surface area contributed by atoms with E-state index in [0.29, 0.717) is 10.8 Å². The highest BCUT2D eigenvalue weighted by Crippen LogP contribution is 2.16. The molecule has 128 valence electrons. The summed E-state index contributed by atoms with van der Waals surface area (Å²) in [7, 11) is 0. The Bertz CT molecular complexity index is 700. The molecule has 1 amide bonds. The van der Waals surface area contributed by atoms with E-state index in [2.05, 4.69) is 37.3 Å². The van der Waals surface area contributed by atoms with E-state index in [4.69, 9.17) is 11.6 Å². The van der Waals surface area contributed by atoms with Crippen molar-refractivity contribution in [2.24, 2.45) is 0 Å². The number of nitrogens with zero attached hydrogens (tertiary/aromatic N) is 4. The number of aryl methyl sites for hydroxylation is 2. The number of anilines is 1. The lowest BCUT2D eigenvalue weighted by atomic mass is 10.1. The van der Waals surface area contributed by atoms with Crippen LogP contribution in [-0.4, -0.2) is 37.7 Å². The van der Waals surface area contributed by atoms with Crippen molar-refractivity contribution in [3.63, 3.8) is 0 Å². The van der Waals surface area contributed by atoms with Crippen molar-refractivity contribution in [3.05, 3.63) is 35.0 Å². The van der Waals surface area contributed by atoms with Crippen molar-refractivity contribution >= 4 is 23.3 Å². The average molecular weight is 349 g/mol. The standard InChI is InChI=1S/C16H21ClN6O/c1-3-14-21-22-15-7-5-12(9-23(14)15)19-10(2)16(24)20-13-6-4-11(17)8-18-13/h4,6,8,10,12,19H,3,5,7,9H2,1-2H3,(H,18,20,24)/t10-,12-/m1/s1. The Morgan fingerprint density at radius 3 is 3.00 bits per heavy atom. The number of hydrogen-bond donors (Lipinski definition) is 2. The van der Waals surface area contributed by atoms with Gasteiger partial charge in [-0.15, -0.1) is 10.2 Å². The molecule has 2 atom stereocenters. The van der Waals surface area contributed by atoms with Gasteiger partial charge in [0, 0.05) is 31.6 Å². The Kier molecular flexibility index (Phi) is 5.11. The first kappa shape index (κ1) is 16.9. The Morgan fingerprint density at radius 2 is 2.29 bits per heavy atom. The summed E-state index contributed by atoms with van der Waals surface area (Å²) in [6.07, 6.45) is 4.19. The molecular weight excluding hydrogens is 328 g/mol. The minimum absolute atomic E-state index is 0.116. The van der Waals surface area contributed by atoms with Crippen LogP contribution in [0.2, 0.25) is 5.02 Å². The van der Waals surface area contributed by atoms with Crippen LogP contribution in [0.25, 0.3) is 0 Å². The molecule has 2 N–H and O–H groups in total. The van der Waals surface area contributed by atoms with E-state index in [0.717, 1.165) is 37.5 Å². The van der Waals surface area contributed by atoms with Crippen LogP contribution in [0.5, 0.6) is 0 Å². The van der Waals surface area contributed by atoms with E-state index >= 15 is 0 Å². The number of carbonyl (C=O) groups is 1. The third-order valence-corrected chi connectivity index (χ3v) is 4.42. The van der Waals surface area contributed by atoms with Crippen LogP contribution >= 0.6 is 11.6 Å². The first-order valence-electron chi connectivity index (χ1n) is 8.16. The van der Waals surface area contributed by atoms with Crippen molar-refractivity contribution in [1.29, 1.82) is 0 Å². The third kappa shape index (κ3) is 3.73. The summed E-state index contributed by atoms with van der Waals surface area (Å²) < 4.78 is 2.16. The van der Waals surface area contributed by atoms with E-state index in [1.54, 1.807) is 12.1 Å². The Balaban J connectivity index is 1.57. The number of aromatic nitrogens is 4. The molecule has 0 aromatic carbocycles. The lowest BCUT2D eigenvalue weighted by Gasteiger charge is -2.27. The number of amides is 1. The molecule has 0 aliphatic carbocycles. The predicted molar refractivity (Wildman–Crippen MR) is 92.0 cm³/mol.